The summed E-state index contributed by atoms with van der Waals surface area (Å²) >= 11 is 0. The van der Waals surface area contributed by atoms with Gasteiger partial charge in [-0.25, -0.2) is 9.97 Å². The predicted molar refractivity (Wildman–Crippen MR) is 47.2 cm³/mol. The minimum atomic E-state index is 0.0833. The van der Waals surface area contributed by atoms with Gasteiger partial charge in [-0.05, 0) is 13.0 Å². The third-order valence-corrected chi connectivity index (χ3v) is 1.48. The highest BCUT2D eigenvalue weighted by atomic mass is 14.9. The molecular formula is C9H11N3. The smallest absolute Gasteiger partial charge is 0.115 e. The van der Waals surface area contributed by atoms with E-state index >= 15 is 0 Å². The number of nitrogens with zero attached hydrogens (tertiary/aromatic N) is 2. The Kier molecular flexibility index (Phi) is 3.24. The fraction of sp³-hybridized carbons (Fsp3) is 0.333. The second-order valence-corrected chi connectivity index (χ2v) is 2.47. The Balaban J connectivity index is 2.40. The van der Waals surface area contributed by atoms with Crippen LogP contribution in [0.25, 0.3) is 0 Å². The summed E-state index contributed by atoms with van der Waals surface area (Å²) in [7, 11) is 0. The van der Waals surface area contributed by atoms with Crippen molar-refractivity contribution in [1.82, 2.24) is 15.3 Å². The van der Waals surface area contributed by atoms with Gasteiger partial charge in [0.25, 0.3) is 0 Å². The van der Waals surface area contributed by atoms with Gasteiger partial charge in [-0.3, -0.25) is 5.32 Å². The summed E-state index contributed by atoms with van der Waals surface area (Å²) in [5.41, 5.74) is 0.951. The van der Waals surface area contributed by atoms with Gasteiger partial charge in [-0.2, -0.15) is 0 Å². The molecule has 0 saturated heterocycles. The average molecular weight is 161 g/mol. The number of hydrogen-bond donors (Lipinski definition) is 1. The molecule has 1 unspecified atom stereocenters. The molecule has 1 atom stereocenters. The van der Waals surface area contributed by atoms with Gasteiger partial charge in [0.05, 0.1) is 11.7 Å². The fourth-order valence-electron chi connectivity index (χ4n) is 0.739. The summed E-state index contributed by atoms with van der Waals surface area (Å²) in [6.45, 7) is 2.62. The maximum absolute atomic E-state index is 5.19. The molecule has 0 saturated carbocycles. The molecule has 0 spiro atoms. The molecule has 3 nitrogen and oxygen atoms in total. The molecule has 0 amide bonds. The van der Waals surface area contributed by atoms with E-state index in [1.54, 1.807) is 6.20 Å². The van der Waals surface area contributed by atoms with Crippen molar-refractivity contribution in [2.24, 2.45) is 0 Å². The maximum Gasteiger partial charge on any atom is 0.115 e. The highest BCUT2D eigenvalue weighted by Gasteiger charge is 1.96. The van der Waals surface area contributed by atoms with E-state index in [-0.39, 0.29) is 6.04 Å². The van der Waals surface area contributed by atoms with E-state index in [0.717, 1.165) is 5.69 Å². The lowest BCUT2D eigenvalue weighted by Crippen LogP contribution is -2.23. The third-order valence-electron chi connectivity index (χ3n) is 1.48. The minimum absolute atomic E-state index is 0.0833. The summed E-state index contributed by atoms with van der Waals surface area (Å²) in [5, 5.41) is 3.12. The highest BCUT2D eigenvalue weighted by Crippen LogP contribution is 1.90. The summed E-state index contributed by atoms with van der Waals surface area (Å²) < 4.78 is 0. The normalized spacial score (nSPS) is 12.0. The summed E-state index contributed by atoms with van der Waals surface area (Å²) in [4.78, 5) is 7.86. The number of aromatic nitrogens is 2. The van der Waals surface area contributed by atoms with E-state index in [1.165, 1.54) is 6.33 Å². The molecule has 3 heteroatoms. The van der Waals surface area contributed by atoms with Crippen LogP contribution in [0.15, 0.2) is 18.6 Å². The highest BCUT2D eigenvalue weighted by molar-refractivity contribution is 5.01. The molecule has 0 aliphatic heterocycles. The Morgan fingerprint density at radius 3 is 3.17 bits per heavy atom. The van der Waals surface area contributed by atoms with Crippen molar-refractivity contribution in [3.63, 3.8) is 0 Å². The second kappa shape index (κ2) is 4.47. The molecule has 62 valence electrons. The SMILES string of the molecule is C#CC(C)NCc1ccncn1. The van der Waals surface area contributed by atoms with Gasteiger partial charge < -0.3 is 0 Å². The van der Waals surface area contributed by atoms with Crippen molar-refractivity contribution in [1.29, 1.82) is 0 Å². The first-order valence-electron chi connectivity index (χ1n) is 3.77. The van der Waals surface area contributed by atoms with Crippen molar-refractivity contribution in [3.8, 4) is 12.3 Å². The third kappa shape index (κ3) is 2.69. The molecule has 0 fully saturated rings. The monoisotopic (exact) mass is 161 g/mol. The first-order chi connectivity index (χ1) is 5.83. The zero-order valence-corrected chi connectivity index (χ0v) is 6.99. The summed E-state index contributed by atoms with van der Waals surface area (Å²) in [6.07, 6.45) is 8.43. The number of nitrogens with one attached hydrogen (secondary N) is 1. The fourth-order valence-corrected chi connectivity index (χ4v) is 0.739. The summed E-state index contributed by atoms with van der Waals surface area (Å²) in [6, 6.07) is 1.94. The molecular weight excluding hydrogens is 150 g/mol. The molecule has 0 aromatic carbocycles. The predicted octanol–water partition coefficient (Wildman–Crippen LogP) is 0.588. The van der Waals surface area contributed by atoms with E-state index < -0.39 is 0 Å². The van der Waals surface area contributed by atoms with Crippen LogP contribution in [-0.2, 0) is 6.54 Å². The molecule has 1 heterocycles. The topological polar surface area (TPSA) is 37.8 Å². The number of terminal acetylenes is 1. The van der Waals surface area contributed by atoms with E-state index in [0.29, 0.717) is 6.54 Å². The lowest BCUT2D eigenvalue weighted by Gasteiger charge is -2.05. The molecule has 0 aliphatic rings. The van der Waals surface area contributed by atoms with Gasteiger partial charge in [0.2, 0.25) is 0 Å². The number of hydrogen-bond acceptors (Lipinski definition) is 3. The van der Waals surface area contributed by atoms with Crippen molar-refractivity contribution in [2.75, 3.05) is 0 Å². The molecule has 1 rings (SSSR count). The van der Waals surface area contributed by atoms with E-state index in [2.05, 4.69) is 21.2 Å². The van der Waals surface area contributed by atoms with Crippen molar-refractivity contribution in [3.05, 3.63) is 24.3 Å². The first-order valence-corrected chi connectivity index (χ1v) is 3.77. The zero-order chi connectivity index (χ0) is 8.81. The van der Waals surface area contributed by atoms with Crippen molar-refractivity contribution in [2.45, 2.75) is 19.5 Å². The van der Waals surface area contributed by atoms with Crippen LogP contribution in [0, 0.1) is 12.3 Å². The minimum Gasteiger partial charge on any atom is -0.298 e. The van der Waals surface area contributed by atoms with Crippen LogP contribution in [0.5, 0.6) is 0 Å². The van der Waals surface area contributed by atoms with Crippen LogP contribution in [0.2, 0.25) is 0 Å². The molecule has 1 aromatic heterocycles. The Morgan fingerprint density at radius 1 is 1.75 bits per heavy atom. The van der Waals surface area contributed by atoms with Crippen LogP contribution >= 0.6 is 0 Å². The lowest BCUT2D eigenvalue weighted by molar-refractivity contribution is 0.636. The standard InChI is InChI=1S/C9H11N3/c1-3-8(2)11-6-9-4-5-10-7-12-9/h1,4-5,7-8,11H,6H2,2H3. The molecule has 0 bridgehead atoms. The van der Waals surface area contributed by atoms with Crippen LogP contribution in [0.3, 0.4) is 0 Å². The van der Waals surface area contributed by atoms with Crippen LogP contribution in [-0.4, -0.2) is 16.0 Å². The van der Waals surface area contributed by atoms with Gasteiger partial charge in [0.15, 0.2) is 0 Å². The lowest BCUT2D eigenvalue weighted by atomic mass is 10.3. The van der Waals surface area contributed by atoms with Gasteiger partial charge >= 0.3 is 0 Å². The largest absolute Gasteiger partial charge is 0.298 e. The van der Waals surface area contributed by atoms with Gasteiger partial charge in [-0.15, -0.1) is 6.42 Å². The Labute approximate surface area is 72.2 Å². The van der Waals surface area contributed by atoms with Crippen LogP contribution in [0.1, 0.15) is 12.6 Å². The van der Waals surface area contributed by atoms with Crippen LogP contribution < -0.4 is 5.32 Å². The van der Waals surface area contributed by atoms with Gasteiger partial charge in [-0.1, -0.05) is 5.92 Å². The zero-order valence-electron chi connectivity index (χ0n) is 6.99. The Morgan fingerprint density at radius 2 is 2.58 bits per heavy atom. The molecule has 1 aromatic rings. The molecule has 0 radical (unpaired) electrons. The average Bonchev–Trinajstić information content (AvgIpc) is 2.16. The van der Waals surface area contributed by atoms with Crippen molar-refractivity contribution < 1.29 is 0 Å². The Hall–Kier alpha value is -1.40. The van der Waals surface area contributed by atoms with Gasteiger partial charge in [0, 0.05) is 12.7 Å². The first kappa shape index (κ1) is 8.69. The van der Waals surface area contributed by atoms with Crippen molar-refractivity contribution >= 4 is 0 Å². The summed E-state index contributed by atoms with van der Waals surface area (Å²) in [5.74, 6) is 2.58. The Bertz CT molecular complexity index is 263. The molecule has 0 aliphatic carbocycles. The number of rotatable bonds is 3. The quantitative estimate of drug-likeness (QED) is 0.659. The second-order valence-electron chi connectivity index (χ2n) is 2.47. The van der Waals surface area contributed by atoms with E-state index in [1.807, 2.05) is 13.0 Å². The molecule has 1 N–H and O–H groups in total. The van der Waals surface area contributed by atoms with Crippen LogP contribution in [0.4, 0.5) is 0 Å². The van der Waals surface area contributed by atoms with Gasteiger partial charge in [0.1, 0.15) is 6.33 Å². The molecule has 12 heavy (non-hydrogen) atoms. The van der Waals surface area contributed by atoms with E-state index in [9.17, 15) is 0 Å². The van der Waals surface area contributed by atoms with E-state index in [4.69, 9.17) is 6.42 Å². The maximum atomic E-state index is 5.19.